The van der Waals surface area contributed by atoms with E-state index in [4.69, 9.17) is 16.3 Å². The van der Waals surface area contributed by atoms with Crippen molar-refractivity contribution in [2.24, 2.45) is 0 Å². The van der Waals surface area contributed by atoms with Crippen molar-refractivity contribution >= 4 is 29.2 Å². The van der Waals surface area contributed by atoms with Crippen LogP contribution in [0.2, 0.25) is 5.02 Å². The lowest BCUT2D eigenvalue weighted by Crippen LogP contribution is -2.30. The second kappa shape index (κ2) is 6.95. The smallest absolute Gasteiger partial charge is 0.339 e. The average molecular weight is 320 g/mol. The number of amides is 1. The van der Waals surface area contributed by atoms with Crippen LogP contribution >= 0.6 is 11.6 Å². The van der Waals surface area contributed by atoms with E-state index in [-0.39, 0.29) is 11.3 Å². The minimum absolute atomic E-state index is 0.0531. The number of aromatic hydroxyl groups is 1. The maximum Gasteiger partial charge on any atom is 0.339 e. The summed E-state index contributed by atoms with van der Waals surface area (Å²) in [5.74, 6) is -1.25. The van der Waals surface area contributed by atoms with Gasteiger partial charge in [-0.05, 0) is 37.3 Å². The van der Waals surface area contributed by atoms with Gasteiger partial charge in [0, 0.05) is 0 Å². The van der Waals surface area contributed by atoms with Crippen molar-refractivity contribution in [3.05, 3.63) is 59.1 Å². The summed E-state index contributed by atoms with van der Waals surface area (Å²) in [6.07, 6.45) is -1.01. The maximum atomic E-state index is 12.0. The zero-order chi connectivity index (χ0) is 16.1. The Balaban J connectivity index is 1.99. The number of phenols is 1. The van der Waals surface area contributed by atoms with Crippen molar-refractivity contribution in [1.29, 1.82) is 0 Å². The fraction of sp³-hybridized carbons (Fsp3) is 0.125. The SMILES string of the molecule is C[C@@H](OC(=O)c1cccc(O)c1)C(=O)Nc1ccccc1Cl. The van der Waals surface area contributed by atoms with Crippen LogP contribution in [0.3, 0.4) is 0 Å². The fourth-order valence-corrected chi connectivity index (χ4v) is 1.89. The number of carbonyl (C=O) groups is 2. The summed E-state index contributed by atoms with van der Waals surface area (Å²) in [7, 11) is 0. The zero-order valence-electron chi connectivity index (χ0n) is 11.7. The van der Waals surface area contributed by atoms with E-state index in [2.05, 4.69) is 5.32 Å². The molecular weight excluding hydrogens is 306 g/mol. The molecule has 0 aromatic heterocycles. The molecule has 2 N–H and O–H groups in total. The van der Waals surface area contributed by atoms with Gasteiger partial charge in [-0.2, -0.15) is 0 Å². The minimum Gasteiger partial charge on any atom is -0.508 e. The van der Waals surface area contributed by atoms with Crippen LogP contribution in [0.15, 0.2) is 48.5 Å². The van der Waals surface area contributed by atoms with Gasteiger partial charge < -0.3 is 15.2 Å². The molecule has 0 fully saturated rings. The van der Waals surface area contributed by atoms with E-state index in [9.17, 15) is 14.7 Å². The van der Waals surface area contributed by atoms with E-state index in [1.54, 1.807) is 24.3 Å². The lowest BCUT2D eigenvalue weighted by Gasteiger charge is -2.14. The summed E-state index contributed by atoms with van der Waals surface area (Å²) in [6.45, 7) is 1.45. The lowest BCUT2D eigenvalue weighted by molar-refractivity contribution is -0.123. The van der Waals surface area contributed by atoms with Crippen LogP contribution in [-0.4, -0.2) is 23.1 Å². The van der Waals surface area contributed by atoms with Gasteiger partial charge in [-0.15, -0.1) is 0 Å². The molecule has 0 radical (unpaired) electrons. The third-order valence-electron chi connectivity index (χ3n) is 2.87. The van der Waals surface area contributed by atoms with Crippen LogP contribution in [-0.2, 0) is 9.53 Å². The average Bonchev–Trinajstić information content (AvgIpc) is 2.49. The van der Waals surface area contributed by atoms with Gasteiger partial charge in [0.1, 0.15) is 5.75 Å². The Kier molecular flexibility index (Phi) is 5.01. The van der Waals surface area contributed by atoms with Gasteiger partial charge in [-0.25, -0.2) is 4.79 Å². The Morgan fingerprint density at radius 1 is 1.18 bits per heavy atom. The van der Waals surface area contributed by atoms with Gasteiger partial charge in [-0.1, -0.05) is 29.8 Å². The highest BCUT2D eigenvalue weighted by Crippen LogP contribution is 2.21. The number of ether oxygens (including phenoxy) is 1. The van der Waals surface area contributed by atoms with Crippen molar-refractivity contribution in [3.8, 4) is 5.75 Å². The highest BCUT2D eigenvalue weighted by Gasteiger charge is 2.19. The van der Waals surface area contributed by atoms with Gasteiger partial charge in [-0.3, -0.25) is 4.79 Å². The van der Waals surface area contributed by atoms with Crippen LogP contribution in [0.5, 0.6) is 5.75 Å². The number of hydrogen-bond donors (Lipinski definition) is 2. The van der Waals surface area contributed by atoms with E-state index >= 15 is 0 Å². The largest absolute Gasteiger partial charge is 0.508 e. The van der Waals surface area contributed by atoms with Crippen molar-refractivity contribution in [3.63, 3.8) is 0 Å². The molecule has 0 unspecified atom stereocenters. The molecule has 0 saturated carbocycles. The molecule has 2 aromatic carbocycles. The topological polar surface area (TPSA) is 75.6 Å². The monoisotopic (exact) mass is 319 g/mol. The predicted molar refractivity (Wildman–Crippen MR) is 83.1 cm³/mol. The third-order valence-corrected chi connectivity index (χ3v) is 3.20. The highest BCUT2D eigenvalue weighted by atomic mass is 35.5. The molecule has 6 heteroatoms. The molecule has 1 amide bonds. The Morgan fingerprint density at radius 3 is 2.59 bits per heavy atom. The number of benzene rings is 2. The van der Waals surface area contributed by atoms with Crippen molar-refractivity contribution in [1.82, 2.24) is 0 Å². The molecule has 114 valence electrons. The van der Waals surface area contributed by atoms with Crippen molar-refractivity contribution in [2.75, 3.05) is 5.32 Å². The summed E-state index contributed by atoms with van der Waals surface area (Å²) < 4.78 is 5.06. The lowest BCUT2D eigenvalue weighted by atomic mass is 10.2. The Morgan fingerprint density at radius 2 is 1.91 bits per heavy atom. The zero-order valence-corrected chi connectivity index (χ0v) is 12.5. The van der Waals surface area contributed by atoms with E-state index in [0.717, 1.165) is 0 Å². The fourth-order valence-electron chi connectivity index (χ4n) is 1.71. The van der Waals surface area contributed by atoms with Gasteiger partial charge in [0.25, 0.3) is 5.91 Å². The molecule has 5 nitrogen and oxygen atoms in total. The van der Waals surface area contributed by atoms with Crippen LogP contribution in [0.25, 0.3) is 0 Å². The molecule has 2 aromatic rings. The van der Waals surface area contributed by atoms with Gasteiger partial charge in [0.2, 0.25) is 0 Å². The van der Waals surface area contributed by atoms with Crippen molar-refractivity contribution in [2.45, 2.75) is 13.0 Å². The van der Waals surface area contributed by atoms with E-state index in [1.165, 1.54) is 31.2 Å². The molecule has 0 heterocycles. The first-order chi connectivity index (χ1) is 10.5. The Hall–Kier alpha value is -2.53. The first-order valence-corrected chi connectivity index (χ1v) is 6.90. The Labute approximate surface area is 132 Å². The number of anilines is 1. The minimum atomic E-state index is -1.01. The Bertz CT molecular complexity index is 702. The van der Waals surface area contributed by atoms with Gasteiger partial charge >= 0.3 is 5.97 Å². The molecule has 0 spiro atoms. The maximum absolute atomic E-state index is 12.0. The van der Waals surface area contributed by atoms with Crippen LogP contribution < -0.4 is 5.32 Å². The quantitative estimate of drug-likeness (QED) is 0.848. The predicted octanol–water partition coefficient (Wildman–Crippen LogP) is 3.23. The molecule has 0 aliphatic carbocycles. The molecule has 0 aliphatic heterocycles. The molecule has 22 heavy (non-hydrogen) atoms. The summed E-state index contributed by atoms with van der Waals surface area (Å²) in [4.78, 5) is 23.9. The molecule has 1 atom stereocenters. The normalized spacial score (nSPS) is 11.5. The summed E-state index contributed by atoms with van der Waals surface area (Å²) in [5, 5.41) is 12.3. The highest BCUT2D eigenvalue weighted by molar-refractivity contribution is 6.33. The van der Waals surface area contributed by atoms with Crippen LogP contribution in [0, 0.1) is 0 Å². The molecule has 0 bridgehead atoms. The molecule has 0 aliphatic rings. The standard InChI is InChI=1S/C16H14ClNO4/c1-10(15(20)18-14-8-3-2-7-13(14)17)22-16(21)11-5-4-6-12(19)9-11/h2-10,19H,1H3,(H,18,20)/t10-/m1/s1. The van der Waals surface area contributed by atoms with Crippen LogP contribution in [0.4, 0.5) is 5.69 Å². The number of nitrogens with one attached hydrogen (secondary N) is 1. The number of phenolic OH excluding ortho intramolecular Hbond substituents is 1. The number of carbonyl (C=O) groups excluding carboxylic acids is 2. The number of esters is 1. The van der Waals surface area contributed by atoms with Crippen molar-refractivity contribution < 1.29 is 19.4 Å². The summed E-state index contributed by atoms with van der Waals surface area (Å²) in [6, 6.07) is 12.4. The first-order valence-electron chi connectivity index (χ1n) is 6.53. The second-order valence-electron chi connectivity index (χ2n) is 4.57. The number of rotatable bonds is 4. The van der Waals surface area contributed by atoms with Crippen LogP contribution in [0.1, 0.15) is 17.3 Å². The van der Waals surface area contributed by atoms with E-state index in [1.807, 2.05) is 0 Å². The first kappa shape index (κ1) is 15.9. The van der Waals surface area contributed by atoms with E-state index < -0.39 is 18.0 Å². The third kappa shape index (κ3) is 3.99. The number of hydrogen-bond acceptors (Lipinski definition) is 4. The van der Waals surface area contributed by atoms with Gasteiger partial charge in [0.05, 0.1) is 16.3 Å². The number of halogens is 1. The summed E-state index contributed by atoms with van der Waals surface area (Å²) >= 11 is 5.94. The summed E-state index contributed by atoms with van der Waals surface area (Å²) in [5.41, 5.74) is 0.604. The van der Waals surface area contributed by atoms with E-state index in [0.29, 0.717) is 10.7 Å². The molecule has 2 rings (SSSR count). The number of para-hydroxylation sites is 1. The second-order valence-corrected chi connectivity index (χ2v) is 4.97. The molecule has 0 saturated heterocycles. The molecular formula is C16H14ClNO4. The van der Waals surface area contributed by atoms with Gasteiger partial charge in [0.15, 0.2) is 6.10 Å².